The van der Waals surface area contributed by atoms with Gasteiger partial charge in [0.05, 0.1) is 0 Å². The van der Waals surface area contributed by atoms with Gasteiger partial charge in [-0.1, -0.05) is 48.5 Å². The quantitative estimate of drug-likeness (QED) is 0.865. The number of aryl methyl sites for hydroxylation is 2. The van der Waals surface area contributed by atoms with Gasteiger partial charge in [-0.2, -0.15) is 0 Å². The molecule has 1 amide bonds. The number of carbonyl (C=O) groups excluding carboxylic acids is 2. The molecule has 1 N–H and O–H groups in total. The van der Waals surface area contributed by atoms with Crippen LogP contribution in [-0.2, 0) is 16.0 Å². The highest BCUT2D eigenvalue weighted by Gasteiger charge is 2.16. The van der Waals surface area contributed by atoms with E-state index in [4.69, 9.17) is 0 Å². The van der Waals surface area contributed by atoms with Crippen molar-refractivity contribution in [2.24, 2.45) is 0 Å². The fourth-order valence-electron chi connectivity index (χ4n) is 2.06. The number of rotatable bonds is 4. The van der Waals surface area contributed by atoms with Crippen LogP contribution in [0, 0.1) is 13.8 Å². The molecule has 0 radical (unpaired) electrons. The lowest BCUT2D eigenvalue weighted by molar-refractivity contribution is -0.134. The smallest absolute Gasteiger partial charge is 0.292 e. The van der Waals surface area contributed by atoms with Crippen LogP contribution in [0.15, 0.2) is 48.5 Å². The summed E-state index contributed by atoms with van der Waals surface area (Å²) in [7, 11) is 0. The minimum atomic E-state index is -0.564. The van der Waals surface area contributed by atoms with Crippen molar-refractivity contribution in [2.75, 3.05) is 5.32 Å². The Morgan fingerprint density at radius 3 is 2.10 bits per heavy atom. The summed E-state index contributed by atoms with van der Waals surface area (Å²) in [5.74, 6) is -0.995. The molecular formula is C17H17NO2. The molecule has 0 bridgehead atoms. The van der Waals surface area contributed by atoms with Crippen LogP contribution in [0.5, 0.6) is 0 Å². The van der Waals surface area contributed by atoms with Gasteiger partial charge in [0.15, 0.2) is 0 Å². The lowest BCUT2D eigenvalue weighted by Gasteiger charge is -2.10. The Kier molecular flexibility index (Phi) is 4.31. The number of ketones is 1. The minimum absolute atomic E-state index is 0.123. The van der Waals surface area contributed by atoms with E-state index in [0.717, 1.165) is 22.4 Å². The molecule has 0 saturated heterocycles. The first kappa shape index (κ1) is 14.0. The molecule has 0 unspecified atom stereocenters. The van der Waals surface area contributed by atoms with Crippen LogP contribution in [0.2, 0.25) is 0 Å². The average Bonchev–Trinajstić information content (AvgIpc) is 2.44. The molecule has 0 heterocycles. The van der Waals surface area contributed by atoms with E-state index in [1.165, 1.54) is 0 Å². The van der Waals surface area contributed by atoms with Gasteiger partial charge in [0, 0.05) is 12.1 Å². The van der Waals surface area contributed by atoms with Crippen molar-refractivity contribution in [2.45, 2.75) is 20.3 Å². The maximum absolute atomic E-state index is 12.0. The SMILES string of the molecule is Cc1cccc(C)c1NC(=O)C(=O)Cc1ccccc1. The van der Waals surface area contributed by atoms with Crippen LogP contribution in [0.3, 0.4) is 0 Å². The molecule has 0 fully saturated rings. The van der Waals surface area contributed by atoms with Gasteiger partial charge in [0.1, 0.15) is 0 Å². The van der Waals surface area contributed by atoms with E-state index >= 15 is 0 Å². The Bertz CT molecular complexity index is 612. The van der Waals surface area contributed by atoms with Gasteiger partial charge in [-0.25, -0.2) is 0 Å². The molecule has 0 saturated carbocycles. The summed E-state index contributed by atoms with van der Waals surface area (Å²) in [6, 6.07) is 15.0. The largest absolute Gasteiger partial charge is 0.319 e. The zero-order chi connectivity index (χ0) is 14.5. The third-order valence-electron chi connectivity index (χ3n) is 3.18. The molecule has 0 aliphatic rings. The molecule has 2 aromatic carbocycles. The second-order valence-corrected chi connectivity index (χ2v) is 4.81. The highest BCUT2D eigenvalue weighted by molar-refractivity contribution is 6.41. The molecule has 2 aromatic rings. The summed E-state index contributed by atoms with van der Waals surface area (Å²) >= 11 is 0. The van der Waals surface area contributed by atoms with Crippen LogP contribution in [0.4, 0.5) is 5.69 Å². The van der Waals surface area contributed by atoms with E-state index in [1.807, 2.05) is 62.4 Å². The number of carbonyl (C=O) groups is 2. The molecule has 0 aromatic heterocycles. The lowest BCUT2D eigenvalue weighted by atomic mass is 10.1. The molecule has 3 nitrogen and oxygen atoms in total. The van der Waals surface area contributed by atoms with Crippen LogP contribution in [0.25, 0.3) is 0 Å². The van der Waals surface area contributed by atoms with Crippen molar-refractivity contribution in [1.29, 1.82) is 0 Å². The second kappa shape index (κ2) is 6.15. The first-order valence-electron chi connectivity index (χ1n) is 6.52. The van der Waals surface area contributed by atoms with E-state index < -0.39 is 11.7 Å². The summed E-state index contributed by atoms with van der Waals surface area (Å²) in [6.45, 7) is 3.81. The van der Waals surface area contributed by atoms with Gasteiger partial charge in [-0.3, -0.25) is 9.59 Å². The monoisotopic (exact) mass is 267 g/mol. The van der Waals surface area contributed by atoms with Crippen LogP contribution < -0.4 is 5.32 Å². The third kappa shape index (κ3) is 3.32. The highest BCUT2D eigenvalue weighted by Crippen LogP contribution is 2.19. The maximum atomic E-state index is 12.0. The molecule has 2 rings (SSSR count). The highest BCUT2D eigenvalue weighted by atomic mass is 16.2. The molecule has 102 valence electrons. The topological polar surface area (TPSA) is 46.2 Å². The van der Waals surface area contributed by atoms with Gasteiger partial charge < -0.3 is 5.32 Å². The third-order valence-corrected chi connectivity index (χ3v) is 3.18. The normalized spacial score (nSPS) is 10.1. The van der Waals surface area contributed by atoms with Crippen molar-refractivity contribution in [1.82, 2.24) is 0 Å². The van der Waals surface area contributed by atoms with Gasteiger partial charge in [0.25, 0.3) is 5.91 Å². The zero-order valence-electron chi connectivity index (χ0n) is 11.6. The van der Waals surface area contributed by atoms with E-state index in [1.54, 1.807) is 0 Å². The number of hydrogen-bond donors (Lipinski definition) is 1. The van der Waals surface area contributed by atoms with E-state index in [-0.39, 0.29) is 6.42 Å². The summed E-state index contributed by atoms with van der Waals surface area (Å²) in [5.41, 5.74) is 3.46. The number of anilines is 1. The lowest BCUT2D eigenvalue weighted by Crippen LogP contribution is -2.25. The van der Waals surface area contributed by atoms with E-state index in [2.05, 4.69) is 5.32 Å². The summed E-state index contributed by atoms with van der Waals surface area (Å²) < 4.78 is 0. The minimum Gasteiger partial charge on any atom is -0.319 e. The number of para-hydroxylation sites is 1. The molecule has 0 aliphatic heterocycles. The predicted octanol–water partition coefficient (Wildman–Crippen LogP) is 3.05. The Balaban J connectivity index is 2.07. The van der Waals surface area contributed by atoms with Gasteiger partial charge in [0.2, 0.25) is 5.78 Å². The molecule has 3 heteroatoms. The van der Waals surface area contributed by atoms with E-state index in [9.17, 15) is 9.59 Å². The van der Waals surface area contributed by atoms with E-state index in [0.29, 0.717) is 0 Å². The van der Waals surface area contributed by atoms with Crippen LogP contribution >= 0.6 is 0 Å². The fraction of sp³-hybridized carbons (Fsp3) is 0.176. The Hall–Kier alpha value is -2.42. The van der Waals surface area contributed by atoms with Gasteiger partial charge >= 0.3 is 0 Å². The van der Waals surface area contributed by atoms with Crippen molar-refractivity contribution >= 4 is 17.4 Å². The average molecular weight is 267 g/mol. The number of benzene rings is 2. The van der Waals surface area contributed by atoms with Crippen molar-refractivity contribution in [3.8, 4) is 0 Å². The molecule has 20 heavy (non-hydrogen) atoms. The summed E-state index contributed by atoms with van der Waals surface area (Å²) in [6.07, 6.45) is 0.123. The Morgan fingerprint density at radius 1 is 0.900 bits per heavy atom. The summed E-state index contributed by atoms with van der Waals surface area (Å²) in [5, 5.41) is 2.71. The van der Waals surface area contributed by atoms with Crippen molar-refractivity contribution in [3.05, 3.63) is 65.2 Å². The second-order valence-electron chi connectivity index (χ2n) is 4.81. The molecule has 0 atom stereocenters. The number of Topliss-reactive ketones (excluding diaryl/α,β-unsaturated/α-hetero) is 1. The van der Waals surface area contributed by atoms with Crippen LogP contribution in [-0.4, -0.2) is 11.7 Å². The van der Waals surface area contributed by atoms with Gasteiger partial charge in [-0.15, -0.1) is 0 Å². The zero-order valence-corrected chi connectivity index (χ0v) is 11.6. The van der Waals surface area contributed by atoms with Crippen molar-refractivity contribution in [3.63, 3.8) is 0 Å². The fourth-order valence-corrected chi connectivity index (χ4v) is 2.06. The number of hydrogen-bond acceptors (Lipinski definition) is 2. The number of amides is 1. The Labute approximate surface area is 118 Å². The summed E-state index contributed by atoms with van der Waals surface area (Å²) in [4.78, 5) is 23.9. The predicted molar refractivity (Wildman–Crippen MR) is 79.7 cm³/mol. The Morgan fingerprint density at radius 2 is 1.50 bits per heavy atom. The molecular weight excluding hydrogens is 250 g/mol. The van der Waals surface area contributed by atoms with Crippen molar-refractivity contribution < 1.29 is 9.59 Å². The van der Waals surface area contributed by atoms with Crippen LogP contribution in [0.1, 0.15) is 16.7 Å². The molecule has 0 aliphatic carbocycles. The standard InChI is InChI=1S/C17H17NO2/c1-12-7-6-8-13(2)16(12)18-17(20)15(19)11-14-9-4-3-5-10-14/h3-10H,11H2,1-2H3,(H,18,20). The number of nitrogens with one attached hydrogen (secondary N) is 1. The maximum Gasteiger partial charge on any atom is 0.292 e. The first-order valence-corrected chi connectivity index (χ1v) is 6.52. The molecule has 0 spiro atoms. The first-order chi connectivity index (χ1) is 9.58. The van der Waals surface area contributed by atoms with Gasteiger partial charge in [-0.05, 0) is 30.5 Å².